The van der Waals surface area contributed by atoms with E-state index in [0.717, 1.165) is 11.8 Å². The van der Waals surface area contributed by atoms with Gasteiger partial charge in [-0.25, -0.2) is 0 Å². The minimum atomic E-state index is 0.783. The van der Waals surface area contributed by atoms with Crippen molar-refractivity contribution in [3.63, 3.8) is 0 Å². The molecule has 0 aromatic carbocycles. The van der Waals surface area contributed by atoms with Gasteiger partial charge >= 0.3 is 0 Å². The summed E-state index contributed by atoms with van der Waals surface area (Å²) < 4.78 is 0. The van der Waals surface area contributed by atoms with Crippen LogP contribution in [0.5, 0.6) is 0 Å². The van der Waals surface area contributed by atoms with Crippen LogP contribution in [0.2, 0.25) is 0 Å². The molecule has 0 saturated carbocycles. The van der Waals surface area contributed by atoms with Gasteiger partial charge in [0.15, 0.2) is 0 Å². The van der Waals surface area contributed by atoms with Crippen LogP contribution >= 0.6 is 12.6 Å². The molecule has 0 aliphatic heterocycles. The first-order valence-corrected chi connectivity index (χ1v) is 8.28. The number of nitrogens with zero attached hydrogens (tertiary/aromatic N) is 1. The molecular formula is C15H33NS. The topological polar surface area (TPSA) is 3.24 Å². The molecule has 0 saturated heterocycles. The summed E-state index contributed by atoms with van der Waals surface area (Å²) in [6.45, 7) is 9.45. The number of rotatable bonds is 12. The maximum atomic E-state index is 4.43. The number of thiol groups is 1. The molecule has 104 valence electrons. The van der Waals surface area contributed by atoms with Crippen LogP contribution in [-0.2, 0) is 0 Å². The summed E-state index contributed by atoms with van der Waals surface area (Å²) in [5.74, 6) is 1.03. The number of hydrogen-bond donors (Lipinski definition) is 1. The van der Waals surface area contributed by atoms with E-state index in [2.05, 4.69) is 38.3 Å². The van der Waals surface area contributed by atoms with Crippen LogP contribution in [0.3, 0.4) is 0 Å². The van der Waals surface area contributed by atoms with Crippen molar-refractivity contribution in [1.29, 1.82) is 0 Å². The lowest BCUT2D eigenvalue weighted by atomic mass is 10.0. The first-order chi connectivity index (χ1) is 8.29. The summed E-state index contributed by atoms with van der Waals surface area (Å²) in [5.41, 5.74) is 0. The van der Waals surface area contributed by atoms with Gasteiger partial charge in [-0.2, -0.15) is 12.6 Å². The van der Waals surface area contributed by atoms with E-state index in [1.165, 1.54) is 64.5 Å². The minimum absolute atomic E-state index is 0.783. The van der Waals surface area contributed by atoms with E-state index in [-0.39, 0.29) is 0 Å². The molecule has 1 unspecified atom stereocenters. The van der Waals surface area contributed by atoms with Crippen LogP contribution in [0.4, 0.5) is 0 Å². The van der Waals surface area contributed by atoms with Crippen molar-refractivity contribution in [2.24, 2.45) is 0 Å². The van der Waals surface area contributed by atoms with E-state index in [1.54, 1.807) is 0 Å². The third kappa shape index (κ3) is 8.96. The Morgan fingerprint density at radius 3 is 1.76 bits per heavy atom. The van der Waals surface area contributed by atoms with Crippen molar-refractivity contribution < 1.29 is 0 Å². The predicted octanol–water partition coefficient (Wildman–Crippen LogP) is 4.77. The van der Waals surface area contributed by atoms with Crippen molar-refractivity contribution in [3.8, 4) is 0 Å². The normalized spacial score (nSPS) is 13.2. The molecule has 1 nitrogen and oxygen atoms in total. The monoisotopic (exact) mass is 259 g/mol. The summed E-state index contributed by atoms with van der Waals surface area (Å²) in [6, 6.07) is 0.783. The van der Waals surface area contributed by atoms with Crippen molar-refractivity contribution in [3.05, 3.63) is 0 Å². The van der Waals surface area contributed by atoms with Crippen molar-refractivity contribution in [1.82, 2.24) is 4.90 Å². The molecule has 0 N–H and O–H groups in total. The standard InChI is InChI=1S/C15H33NS/c1-4-7-10-15(11-14-17)16(12-8-5-2)13-9-6-3/h15,17H,4-14H2,1-3H3. The van der Waals surface area contributed by atoms with Crippen molar-refractivity contribution in [2.45, 2.75) is 78.2 Å². The molecule has 0 heterocycles. The lowest BCUT2D eigenvalue weighted by Crippen LogP contribution is -2.37. The van der Waals surface area contributed by atoms with Crippen LogP contribution < -0.4 is 0 Å². The molecule has 0 radical (unpaired) electrons. The molecule has 17 heavy (non-hydrogen) atoms. The Hall–Kier alpha value is 0.310. The summed E-state index contributed by atoms with van der Waals surface area (Å²) in [6.07, 6.45) is 10.6. The fraction of sp³-hybridized carbons (Fsp3) is 1.00. The molecule has 0 rings (SSSR count). The van der Waals surface area contributed by atoms with Crippen LogP contribution in [-0.4, -0.2) is 29.8 Å². The van der Waals surface area contributed by atoms with Crippen molar-refractivity contribution >= 4 is 12.6 Å². The van der Waals surface area contributed by atoms with Gasteiger partial charge < -0.3 is 4.90 Å². The molecular weight excluding hydrogens is 226 g/mol. The maximum absolute atomic E-state index is 4.43. The van der Waals surface area contributed by atoms with E-state index in [1.807, 2.05) is 0 Å². The maximum Gasteiger partial charge on any atom is 0.0103 e. The Morgan fingerprint density at radius 1 is 0.824 bits per heavy atom. The molecule has 2 heteroatoms. The van der Waals surface area contributed by atoms with Gasteiger partial charge in [0, 0.05) is 6.04 Å². The molecule has 0 aromatic heterocycles. The summed E-state index contributed by atoms with van der Waals surface area (Å²) in [5, 5.41) is 0. The lowest BCUT2D eigenvalue weighted by Gasteiger charge is -2.31. The van der Waals surface area contributed by atoms with Gasteiger partial charge in [0.2, 0.25) is 0 Å². The zero-order chi connectivity index (χ0) is 12.9. The second kappa shape index (κ2) is 12.8. The van der Waals surface area contributed by atoms with Crippen molar-refractivity contribution in [2.75, 3.05) is 18.8 Å². The second-order valence-corrected chi connectivity index (χ2v) is 5.50. The highest BCUT2D eigenvalue weighted by molar-refractivity contribution is 7.80. The van der Waals surface area contributed by atoms with Gasteiger partial charge in [-0.3, -0.25) is 0 Å². The van der Waals surface area contributed by atoms with Crippen LogP contribution in [0, 0.1) is 0 Å². The molecule has 0 bridgehead atoms. The third-order valence-electron chi connectivity index (χ3n) is 3.47. The first kappa shape index (κ1) is 17.3. The molecule has 0 fully saturated rings. The van der Waals surface area contributed by atoms with E-state index < -0.39 is 0 Å². The highest BCUT2D eigenvalue weighted by Gasteiger charge is 2.16. The second-order valence-electron chi connectivity index (χ2n) is 5.05. The predicted molar refractivity (Wildman–Crippen MR) is 83.2 cm³/mol. The fourth-order valence-corrected chi connectivity index (χ4v) is 2.60. The highest BCUT2D eigenvalue weighted by atomic mass is 32.1. The summed E-state index contributed by atoms with van der Waals surface area (Å²) in [4.78, 5) is 2.74. The molecule has 0 spiro atoms. The van der Waals surface area contributed by atoms with Gasteiger partial charge in [0.1, 0.15) is 0 Å². The van der Waals surface area contributed by atoms with Crippen LogP contribution in [0.1, 0.15) is 72.1 Å². The quantitative estimate of drug-likeness (QED) is 0.494. The highest BCUT2D eigenvalue weighted by Crippen LogP contribution is 2.15. The molecule has 0 aliphatic carbocycles. The van der Waals surface area contributed by atoms with Gasteiger partial charge in [-0.05, 0) is 44.5 Å². The largest absolute Gasteiger partial charge is 0.300 e. The number of unbranched alkanes of at least 4 members (excludes halogenated alkanes) is 3. The molecule has 1 atom stereocenters. The minimum Gasteiger partial charge on any atom is -0.300 e. The van der Waals surface area contributed by atoms with Gasteiger partial charge in [-0.1, -0.05) is 46.5 Å². The zero-order valence-electron chi connectivity index (χ0n) is 12.2. The van der Waals surface area contributed by atoms with E-state index in [0.29, 0.717) is 0 Å². The Labute approximate surface area is 115 Å². The van der Waals surface area contributed by atoms with E-state index >= 15 is 0 Å². The SMILES string of the molecule is CCCCC(CCS)N(CCCC)CCCC. The van der Waals surface area contributed by atoms with Gasteiger partial charge in [-0.15, -0.1) is 0 Å². The Kier molecular flexibility index (Phi) is 13.0. The Bertz CT molecular complexity index is 142. The number of hydrogen-bond acceptors (Lipinski definition) is 2. The van der Waals surface area contributed by atoms with E-state index in [4.69, 9.17) is 0 Å². The zero-order valence-corrected chi connectivity index (χ0v) is 13.1. The Morgan fingerprint density at radius 2 is 1.35 bits per heavy atom. The Balaban J connectivity index is 4.20. The van der Waals surface area contributed by atoms with E-state index in [9.17, 15) is 0 Å². The average molecular weight is 260 g/mol. The lowest BCUT2D eigenvalue weighted by molar-refractivity contribution is 0.174. The smallest absolute Gasteiger partial charge is 0.0103 e. The fourth-order valence-electron chi connectivity index (χ4n) is 2.30. The van der Waals surface area contributed by atoms with Crippen LogP contribution in [0.15, 0.2) is 0 Å². The molecule has 0 aromatic rings. The first-order valence-electron chi connectivity index (χ1n) is 7.64. The third-order valence-corrected chi connectivity index (χ3v) is 3.73. The summed E-state index contributed by atoms with van der Waals surface area (Å²) in [7, 11) is 0. The van der Waals surface area contributed by atoms with Gasteiger partial charge in [0.25, 0.3) is 0 Å². The van der Waals surface area contributed by atoms with Gasteiger partial charge in [0.05, 0.1) is 0 Å². The molecule has 0 aliphatic rings. The average Bonchev–Trinajstić information content (AvgIpc) is 2.35. The molecule has 0 amide bonds. The van der Waals surface area contributed by atoms with Crippen LogP contribution in [0.25, 0.3) is 0 Å². The summed E-state index contributed by atoms with van der Waals surface area (Å²) >= 11 is 4.43.